The number of rotatable bonds is 9. The second kappa shape index (κ2) is 14.4. The fourth-order valence-electron chi connectivity index (χ4n) is 3.74. The van der Waals surface area contributed by atoms with Gasteiger partial charge in [-0.3, -0.25) is 4.90 Å². The van der Waals surface area contributed by atoms with Crippen molar-refractivity contribution in [2.75, 3.05) is 26.2 Å². The molecule has 0 bridgehead atoms. The molecule has 3 rings (SSSR count). The van der Waals surface area contributed by atoms with Gasteiger partial charge in [0.1, 0.15) is 0 Å². The van der Waals surface area contributed by atoms with Crippen LogP contribution in [0.4, 0.5) is 0 Å². The number of hydrogen-bond acceptors (Lipinski definition) is 3. The van der Waals surface area contributed by atoms with Crippen molar-refractivity contribution in [1.82, 2.24) is 15.5 Å². The van der Waals surface area contributed by atoms with Gasteiger partial charge < -0.3 is 15.7 Å². The molecule has 5 nitrogen and oxygen atoms in total. The Hall–Kier alpha value is -1.64. The Kier molecular flexibility index (Phi) is 11.9. The molecule has 3 N–H and O–H groups in total. The topological polar surface area (TPSA) is 59.9 Å². The summed E-state index contributed by atoms with van der Waals surface area (Å²) in [7, 11) is 0. The molecule has 0 aliphatic carbocycles. The molecular weight excluding hydrogens is 499 g/mol. The van der Waals surface area contributed by atoms with Crippen molar-refractivity contribution in [2.45, 2.75) is 51.8 Å². The monoisotopic (exact) mass is 536 g/mol. The van der Waals surface area contributed by atoms with E-state index in [-0.39, 0.29) is 30.1 Å². The molecule has 170 valence electrons. The van der Waals surface area contributed by atoms with E-state index >= 15 is 0 Å². The number of aliphatic hydroxyl groups excluding tert-OH is 1. The van der Waals surface area contributed by atoms with Gasteiger partial charge in [0.05, 0.1) is 12.6 Å². The van der Waals surface area contributed by atoms with Gasteiger partial charge >= 0.3 is 0 Å². The number of hydrogen-bond donors (Lipinski definition) is 3. The lowest BCUT2D eigenvalue weighted by molar-refractivity contribution is 0.0792. The maximum Gasteiger partial charge on any atom is 0.191 e. The summed E-state index contributed by atoms with van der Waals surface area (Å²) in [5, 5.41) is 16.4. The Morgan fingerprint density at radius 1 is 0.968 bits per heavy atom. The average Bonchev–Trinajstić information content (AvgIpc) is 2.78. The molecule has 1 heterocycles. The normalized spacial score (nSPS) is 15.4. The van der Waals surface area contributed by atoms with Gasteiger partial charge in [0.2, 0.25) is 0 Å². The minimum Gasteiger partial charge on any atom is -0.393 e. The van der Waals surface area contributed by atoms with Crippen molar-refractivity contribution in [1.29, 1.82) is 0 Å². The zero-order valence-corrected chi connectivity index (χ0v) is 20.9. The molecule has 0 unspecified atom stereocenters. The van der Waals surface area contributed by atoms with E-state index in [0.717, 1.165) is 64.4 Å². The molecule has 1 aliphatic heterocycles. The Morgan fingerprint density at radius 3 is 2.32 bits per heavy atom. The molecular formula is C25H37IN4O. The summed E-state index contributed by atoms with van der Waals surface area (Å²) in [5.41, 5.74) is 3.92. The molecule has 0 spiro atoms. The highest BCUT2D eigenvalue weighted by Crippen LogP contribution is 2.14. The molecule has 0 aromatic heterocycles. The van der Waals surface area contributed by atoms with Crippen molar-refractivity contribution in [3.8, 4) is 0 Å². The smallest absolute Gasteiger partial charge is 0.191 e. The Labute approximate surface area is 204 Å². The lowest BCUT2D eigenvalue weighted by Crippen LogP contribution is -2.37. The number of aliphatic imine (C=N–C) groups is 1. The van der Waals surface area contributed by atoms with Gasteiger partial charge in [-0.05, 0) is 49.3 Å². The molecule has 1 saturated heterocycles. The van der Waals surface area contributed by atoms with Gasteiger partial charge in [0.25, 0.3) is 0 Å². The number of guanidine groups is 1. The van der Waals surface area contributed by atoms with Crippen molar-refractivity contribution in [3.05, 3.63) is 71.3 Å². The van der Waals surface area contributed by atoms with E-state index in [0.29, 0.717) is 6.54 Å². The minimum atomic E-state index is -0.112. The van der Waals surface area contributed by atoms with Crippen LogP contribution < -0.4 is 10.6 Å². The van der Waals surface area contributed by atoms with Gasteiger partial charge in [0.15, 0.2) is 5.96 Å². The number of aryl methyl sites for hydroxylation is 1. The Morgan fingerprint density at radius 2 is 1.65 bits per heavy atom. The summed E-state index contributed by atoms with van der Waals surface area (Å²) < 4.78 is 0. The highest BCUT2D eigenvalue weighted by atomic mass is 127. The third kappa shape index (κ3) is 9.58. The van der Waals surface area contributed by atoms with Crippen LogP contribution in [0.5, 0.6) is 0 Å². The SMILES string of the molecule is CCNC(=NCc1ccc(CN2CCC(O)CC2)cc1)NCCCc1ccccc1.I. The second-order valence-electron chi connectivity index (χ2n) is 8.03. The number of aliphatic hydroxyl groups is 1. The van der Waals surface area contributed by atoms with E-state index in [2.05, 4.69) is 77.1 Å². The highest BCUT2D eigenvalue weighted by molar-refractivity contribution is 14.0. The van der Waals surface area contributed by atoms with Gasteiger partial charge in [-0.2, -0.15) is 0 Å². The van der Waals surface area contributed by atoms with Crippen LogP contribution in [0.1, 0.15) is 42.9 Å². The number of halogens is 1. The van der Waals surface area contributed by atoms with Crippen LogP contribution in [0, 0.1) is 0 Å². The van der Waals surface area contributed by atoms with Crippen LogP contribution in [0.2, 0.25) is 0 Å². The molecule has 0 radical (unpaired) electrons. The molecule has 31 heavy (non-hydrogen) atoms. The van der Waals surface area contributed by atoms with Crippen molar-refractivity contribution < 1.29 is 5.11 Å². The van der Waals surface area contributed by atoms with E-state index in [4.69, 9.17) is 4.99 Å². The molecule has 1 aliphatic rings. The van der Waals surface area contributed by atoms with Gasteiger partial charge in [-0.25, -0.2) is 4.99 Å². The van der Waals surface area contributed by atoms with Crippen molar-refractivity contribution in [3.63, 3.8) is 0 Å². The Balaban J connectivity index is 0.00000341. The zero-order chi connectivity index (χ0) is 21.0. The van der Waals surface area contributed by atoms with E-state index < -0.39 is 0 Å². The first-order chi connectivity index (χ1) is 14.7. The summed E-state index contributed by atoms with van der Waals surface area (Å²) in [6.45, 7) is 7.45. The lowest BCUT2D eigenvalue weighted by Gasteiger charge is -2.29. The van der Waals surface area contributed by atoms with Crippen molar-refractivity contribution >= 4 is 29.9 Å². The van der Waals surface area contributed by atoms with Gasteiger partial charge in [-0.15, -0.1) is 24.0 Å². The summed E-state index contributed by atoms with van der Waals surface area (Å²) in [5.74, 6) is 0.876. The molecule has 2 aromatic carbocycles. The minimum absolute atomic E-state index is 0. The molecule has 0 atom stereocenters. The van der Waals surface area contributed by atoms with Crippen LogP contribution in [-0.4, -0.2) is 48.2 Å². The maximum atomic E-state index is 9.64. The zero-order valence-electron chi connectivity index (χ0n) is 18.6. The number of nitrogens with one attached hydrogen (secondary N) is 2. The average molecular weight is 537 g/mol. The van der Waals surface area contributed by atoms with Crippen LogP contribution in [0.25, 0.3) is 0 Å². The number of likely N-dealkylation sites (tertiary alicyclic amines) is 1. The number of nitrogens with zero attached hydrogens (tertiary/aromatic N) is 2. The fraction of sp³-hybridized carbons (Fsp3) is 0.480. The first kappa shape index (κ1) is 25.6. The first-order valence-electron chi connectivity index (χ1n) is 11.3. The number of benzene rings is 2. The summed E-state index contributed by atoms with van der Waals surface area (Å²) in [6, 6.07) is 19.4. The second-order valence-corrected chi connectivity index (χ2v) is 8.03. The molecule has 6 heteroatoms. The number of piperidine rings is 1. The molecule has 2 aromatic rings. The van der Waals surface area contributed by atoms with Gasteiger partial charge in [0, 0.05) is 32.7 Å². The molecule has 1 fully saturated rings. The Bertz CT molecular complexity index is 759. The maximum absolute atomic E-state index is 9.64. The summed E-state index contributed by atoms with van der Waals surface area (Å²) in [4.78, 5) is 7.16. The van der Waals surface area contributed by atoms with E-state index in [1.54, 1.807) is 0 Å². The van der Waals surface area contributed by atoms with Crippen molar-refractivity contribution in [2.24, 2.45) is 4.99 Å². The molecule has 0 saturated carbocycles. The third-order valence-corrected chi connectivity index (χ3v) is 5.53. The summed E-state index contributed by atoms with van der Waals surface area (Å²) >= 11 is 0. The van der Waals surface area contributed by atoms with E-state index in [1.165, 1.54) is 16.7 Å². The largest absolute Gasteiger partial charge is 0.393 e. The summed E-state index contributed by atoms with van der Waals surface area (Å²) in [6.07, 6.45) is 3.82. The fourth-order valence-corrected chi connectivity index (χ4v) is 3.74. The van der Waals surface area contributed by atoms with E-state index in [9.17, 15) is 5.11 Å². The standard InChI is InChI=1S/C25H36N4O.HI/c1-2-26-25(27-16-6-9-21-7-4-3-5-8-21)28-19-22-10-12-23(13-11-22)20-29-17-14-24(30)15-18-29;/h3-5,7-8,10-13,24,30H,2,6,9,14-20H2,1H3,(H2,26,27,28);1H. The predicted octanol–water partition coefficient (Wildman–Crippen LogP) is 3.95. The molecule has 0 amide bonds. The first-order valence-corrected chi connectivity index (χ1v) is 11.3. The lowest BCUT2D eigenvalue weighted by atomic mass is 10.1. The quantitative estimate of drug-likeness (QED) is 0.197. The van der Waals surface area contributed by atoms with Crippen LogP contribution in [0.15, 0.2) is 59.6 Å². The van der Waals surface area contributed by atoms with Crippen LogP contribution in [0.3, 0.4) is 0 Å². The van der Waals surface area contributed by atoms with Crippen LogP contribution in [-0.2, 0) is 19.5 Å². The van der Waals surface area contributed by atoms with Gasteiger partial charge in [-0.1, -0.05) is 54.6 Å². The van der Waals surface area contributed by atoms with E-state index in [1.807, 2.05) is 0 Å². The third-order valence-electron chi connectivity index (χ3n) is 5.53. The highest BCUT2D eigenvalue weighted by Gasteiger charge is 2.16. The predicted molar refractivity (Wildman–Crippen MR) is 140 cm³/mol. The van der Waals surface area contributed by atoms with Crippen LogP contribution >= 0.6 is 24.0 Å².